The average Bonchev–Trinajstić information content (AvgIpc) is 3.09. The number of hydrogen-bond acceptors (Lipinski definition) is 5. The van der Waals surface area contributed by atoms with E-state index in [1.54, 1.807) is 12.1 Å². The largest absolute Gasteiger partial charge is 0.508 e. The number of anilines is 1. The number of phenols is 1. The topological polar surface area (TPSA) is 71.2 Å². The van der Waals surface area contributed by atoms with Crippen molar-refractivity contribution in [1.29, 1.82) is 0 Å². The van der Waals surface area contributed by atoms with Crippen LogP contribution in [0.15, 0.2) is 59.2 Å². The lowest BCUT2D eigenvalue weighted by molar-refractivity contribution is 0.474. The lowest BCUT2D eigenvalue weighted by Gasteiger charge is -2.16. The predicted molar refractivity (Wildman–Crippen MR) is 111 cm³/mol. The van der Waals surface area contributed by atoms with Crippen LogP contribution in [0, 0.1) is 6.92 Å². The molecule has 2 heterocycles. The Hall–Kier alpha value is -3.34. The molecule has 0 bridgehead atoms. The standard InChI is InChI=1S/C23H23N3O2/c1-4-16-13-28-22-9-8-18(11-20(16)22)21-12-23(26-15(3)25-21)24-14(2)17-6-5-7-19(27)10-17/h5-14,27H,4H2,1-3H3,(H,24,25,26). The van der Waals surface area contributed by atoms with E-state index in [1.807, 2.05) is 50.4 Å². The summed E-state index contributed by atoms with van der Waals surface area (Å²) < 4.78 is 5.62. The second kappa shape index (κ2) is 7.35. The van der Waals surface area contributed by atoms with Crippen LogP contribution in [0.25, 0.3) is 22.2 Å². The smallest absolute Gasteiger partial charge is 0.134 e. The van der Waals surface area contributed by atoms with Gasteiger partial charge in [-0.2, -0.15) is 0 Å². The predicted octanol–water partition coefficient (Wildman–Crippen LogP) is 5.64. The summed E-state index contributed by atoms with van der Waals surface area (Å²) in [7, 11) is 0. The molecule has 2 aromatic carbocycles. The van der Waals surface area contributed by atoms with Crippen LogP contribution in [-0.2, 0) is 6.42 Å². The van der Waals surface area contributed by atoms with E-state index in [9.17, 15) is 5.11 Å². The molecule has 2 aromatic heterocycles. The van der Waals surface area contributed by atoms with Gasteiger partial charge in [-0.05, 0) is 61.7 Å². The minimum atomic E-state index is -0.00250. The third kappa shape index (κ3) is 3.56. The highest BCUT2D eigenvalue weighted by Gasteiger charge is 2.12. The van der Waals surface area contributed by atoms with E-state index in [-0.39, 0.29) is 11.8 Å². The Morgan fingerprint density at radius 1 is 1.11 bits per heavy atom. The minimum absolute atomic E-state index is 0.00250. The number of aromatic hydroxyl groups is 1. The maximum Gasteiger partial charge on any atom is 0.134 e. The summed E-state index contributed by atoms with van der Waals surface area (Å²) in [5, 5.41) is 14.2. The van der Waals surface area contributed by atoms with Gasteiger partial charge in [-0.25, -0.2) is 9.97 Å². The molecule has 5 heteroatoms. The van der Waals surface area contributed by atoms with E-state index in [1.165, 1.54) is 5.56 Å². The maximum absolute atomic E-state index is 9.72. The first-order valence-corrected chi connectivity index (χ1v) is 9.45. The summed E-state index contributed by atoms with van der Waals surface area (Å²) in [5.41, 5.74) is 4.97. The number of benzene rings is 2. The maximum atomic E-state index is 9.72. The molecule has 0 fully saturated rings. The molecule has 4 aromatic rings. The van der Waals surface area contributed by atoms with Crippen molar-refractivity contribution in [2.75, 3.05) is 5.32 Å². The molecular formula is C23H23N3O2. The molecule has 4 rings (SSSR count). The third-order valence-corrected chi connectivity index (χ3v) is 4.90. The monoisotopic (exact) mass is 373 g/mol. The number of nitrogens with zero attached hydrogens (tertiary/aromatic N) is 2. The highest BCUT2D eigenvalue weighted by Crippen LogP contribution is 2.29. The van der Waals surface area contributed by atoms with Crippen LogP contribution in [0.2, 0.25) is 0 Å². The number of aromatic nitrogens is 2. The molecule has 0 amide bonds. The molecule has 0 aliphatic heterocycles. The average molecular weight is 373 g/mol. The van der Waals surface area contributed by atoms with Crippen molar-refractivity contribution < 1.29 is 9.52 Å². The molecule has 2 N–H and O–H groups in total. The number of rotatable bonds is 5. The lowest BCUT2D eigenvalue weighted by atomic mass is 10.1. The molecular weight excluding hydrogens is 350 g/mol. The summed E-state index contributed by atoms with van der Waals surface area (Å²) in [4.78, 5) is 9.15. The normalized spacial score (nSPS) is 12.2. The summed E-state index contributed by atoms with van der Waals surface area (Å²) in [6, 6.07) is 15.3. The molecule has 28 heavy (non-hydrogen) atoms. The van der Waals surface area contributed by atoms with Crippen molar-refractivity contribution in [2.24, 2.45) is 0 Å². The fraction of sp³-hybridized carbons (Fsp3) is 0.217. The molecule has 5 nitrogen and oxygen atoms in total. The van der Waals surface area contributed by atoms with Gasteiger partial charge in [0.25, 0.3) is 0 Å². The number of fused-ring (bicyclic) bond motifs is 1. The van der Waals surface area contributed by atoms with E-state index < -0.39 is 0 Å². The first kappa shape index (κ1) is 18.0. The first-order chi connectivity index (χ1) is 13.5. The molecule has 1 atom stereocenters. The molecule has 142 valence electrons. The Kier molecular flexibility index (Phi) is 4.74. The number of nitrogens with one attached hydrogen (secondary N) is 1. The third-order valence-electron chi connectivity index (χ3n) is 4.90. The lowest BCUT2D eigenvalue weighted by Crippen LogP contribution is -2.09. The van der Waals surface area contributed by atoms with Crippen LogP contribution >= 0.6 is 0 Å². The first-order valence-electron chi connectivity index (χ1n) is 9.45. The zero-order valence-corrected chi connectivity index (χ0v) is 16.2. The highest BCUT2D eigenvalue weighted by molar-refractivity contribution is 5.86. The molecule has 0 saturated heterocycles. The van der Waals surface area contributed by atoms with Gasteiger partial charge in [-0.1, -0.05) is 19.1 Å². The SMILES string of the molecule is CCc1coc2ccc(-c3cc(NC(C)c4cccc(O)c4)nc(C)n3)cc12. The minimum Gasteiger partial charge on any atom is -0.508 e. The van der Waals surface area contributed by atoms with Gasteiger partial charge in [-0.3, -0.25) is 0 Å². The van der Waals surface area contributed by atoms with Crippen LogP contribution in [-0.4, -0.2) is 15.1 Å². The Morgan fingerprint density at radius 2 is 1.96 bits per heavy atom. The molecule has 1 unspecified atom stereocenters. The van der Waals surface area contributed by atoms with Crippen LogP contribution in [0.3, 0.4) is 0 Å². The molecule has 0 aliphatic carbocycles. The van der Waals surface area contributed by atoms with Crippen LogP contribution < -0.4 is 5.32 Å². The Morgan fingerprint density at radius 3 is 2.75 bits per heavy atom. The van der Waals surface area contributed by atoms with Gasteiger partial charge in [0.2, 0.25) is 0 Å². The van der Waals surface area contributed by atoms with Gasteiger partial charge in [-0.15, -0.1) is 0 Å². The molecule has 0 saturated carbocycles. The van der Waals surface area contributed by atoms with E-state index in [4.69, 9.17) is 4.42 Å². The number of hydrogen-bond donors (Lipinski definition) is 2. The van der Waals surface area contributed by atoms with Crippen LogP contribution in [0.4, 0.5) is 5.82 Å². The van der Waals surface area contributed by atoms with Crippen molar-refractivity contribution in [3.05, 3.63) is 71.7 Å². The Balaban J connectivity index is 1.67. The van der Waals surface area contributed by atoms with Gasteiger partial charge in [0, 0.05) is 17.0 Å². The van der Waals surface area contributed by atoms with Crippen molar-refractivity contribution >= 4 is 16.8 Å². The van der Waals surface area contributed by atoms with E-state index in [0.29, 0.717) is 5.82 Å². The molecule has 0 spiro atoms. The molecule has 0 radical (unpaired) electrons. The van der Waals surface area contributed by atoms with E-state index in [2.05, 4.69) is 28.3 Å². The zero-order chi connectivity index (χ0) is 19.7. The Bertz CT molecular complexity index is 1130. The number of furan rings is 1. The van der Waals surface area contributed by atoms with Gasteiger partial charge >= 0.3 is 0 Å². The van der Waals surface area contributed by atoms with Gasteiger partial charge in [0.15, 0.2) is 0 Å². The quantitative estimate of drug-likeness (QED) is 0.474. The van der Waals surface area contributed by atoms with Crippen molar-refractivity contribution in [1.82, 2.24) is 9.97 Å². The van der Waals surface area contributed by atoms with Crippen molar-refractivity contribution in [3.8, 4) is 17.0 Å². The van der Waals surface area contributed by atoms with Crippen molar-refractivity contribution in [2.45, 2.75) is 33.2 Å². The summed E-state index contributed by atoms with van der Waals surface area (Å²) >= 11 is 0. The van der Waals surface area contributed by atoms with E-state index in [0.717, 1.165) is 40.0 Å². The number of phenolic OH excluding ortho intramolecular Hbond substituents is 1. The summed E-state index contributed by atoms with van der Waals surface area (Å²) in [5.74, 6) is 1.71. The van der Waals surface area contributed by atoms with Crippen LogP contribution in [0.1, 0.15) is 36.8 Å². The summed E-state index contributed by atoms with van der Waals surface area (Å²) in [6.07, 6.45) is 2.75. The number of aryl methyl sites for hydroxylation is 2. The van der Waals surface area contributed by atoms with E-state index >= 15 is 0 Å². The fourth-order valence-corrected chi connectivity index (χ4v) is 3.40. The van der Waals surface area contributed by atoms with Crippen LogP contribution in [0.5, 0.6) is 5.75 Å². The summed E-state index contributed by atoms with van der Waals surface area (Å²) in [6.45, 7) is 6.05. The van der Waals surface area contributed by atoms with Gasteiger partial charge in [0.05, 0.1) is 18.0 Å². The van der Waals surface area contributed by atoms with Gasteiger partial charge < -0.3 is 14.8 Å². The second-order valence-electron chi connectivity index (χ2n) is 6.97. The highest BCUT2D eigenvalue weighted by atomic mass is 16.3. The second-order valence-corrected chi connectivity index (χ2v) is 6.97. The Labute approximate surface area is 164 Å². The fourth-order valence-electron chi connectivity index (χ4n) is 3.40. The van der Waals surface area contributed by atoms with Gasteiger partial charge in [0.1, 0.15) is 23.0 Å². The molecule has 0 aliphatic rings. The zero-order valence-electron chi connectivity index (χ0n) is 16.2. The van der Waals surface area contributed by atoms with Crippen molar-refractivity contribution in [3.63, 3.8) is 0 Å².